The SMILES string of the molecule is CC1CCC(Cn2c(CCC3CCOCC3)nc3nc(-c4noc(=O)[nH]4)nc(-c4cccc(Cl)c4)c32)CC1. The molecule has 4 heterocycles. The van der Waals surface area contributed by atoms with E-state index in [1.807, 2.05) is 24.3 Å². The molecule has 0 atom stereocenters. The summed E-state index contributed by atoms with van der Waals surface area (Å²) in [4.78, 5) is 29.0. The number of benzene rings is 1. The van der Waals surface area contributed by atoms with Gasteiger partial charge in [0, 0.05) is 36.8 Å². The lowest BCUT2D eigenvalue weighted by molar-refractivity contribution is 0.0638. The summed E-state index contributed by atoms with van der Waals surface area (Å²) >= 11 is 6.41. The fraction of sp³-hybridized carbons (Fsp3) is 0.536. The standard InChI is InChI=1S/C28H33ClN6O3/c1-17-5-7-19(8-6-17)16-35-22(10-9-18-11-13-37-14-12-18)30-25-24(35)23(20-3-2-4-21(29)15-20)31-26(32-25)27-33-28(36)38-34-27/h2-4,15,17-19H,5-14,16H2,1H3,(H,33,34,36). The highest BCUT2D eigenvalue weighted by atomic mass is 35.5. The maximum Gasteiger partial charge on any atom is 0.439 e. The predicted molar refractivity (Wildman–Crippen MR) is 145 cm³/mol. The van der Waals surface area contributed by atoms with Gasteiger partial charge in [-0.2, -0.15) is 0 Å². The first-order chi connectivity index (χ1) is 18.5. The normalized spacial score (nSPS) is 20.8. The summed E-state index contributed by atoms with van der Waals surface area (Å²) in [6.07, 6.45) is 9.08. The molecule has 200 valence electrons. The summed E-state index contributed by atoms with van der Waals surface area (Å²) in [5, 5.41) is 4.45. The second-order valence-corrected chi connectivity index (χ2v) is 11.3. The number of nitrogens with zero attached hydrogens (tertiary/aromatic N) is 5. The fourth-order valence-electron chi connectivity index (χ4n) is 5.88. The third-order valence-electron chi connectivity index (χ3n) is 8.13. The van der Waals surface area contributed by atoms with Gasteiger partial charge < -0.3 is 9.30 Å². The number of aromatic amines is 1. The van der Waals surface area contributed by atoms with Gasteiger partial charge in [-0.15, -0.1) is 0 Å². The van der Waals surface area contributed by atoms with Gasteiger partial charge in [0.25, 0.3) is 0 Å². The summed E-state index contributed by atoms with van der Waals surface area (Å²) in [5.74, 6) is 2.85. The van der Waals surface area contributed by atoms with Gasteiger partial charge in [-0.1, -0.05) is 48.7 Å². The van der Waals surface area contributed by atoms with Crippen LogP contribution in [0.5, 0.6) is 0 Å². The smallest absolute Gasteiger partial charge is 0.381 e. The topological polar surface area (TPSA) is 112 Å². The van der Waals surface area contributed by atoms with E-state index in [1.54, 1.807) is 0 Å². The first-order valence-electron chi connectivity index (χ1n) is 13.7. The molecule has 4 aromatic rings. The van der Waals surface area contributed by atoms with Crippen molar-refractivity contribution in [3.8, 4) is 22.9 Å². The Hall–Kier alpha value is -3.04. The van der Waals surface area contributed by atoms with E-state index in [1.165, 1.54) is 25.7 Å². The molecule has 2 aliphatic rings. The van der Waals surface area contributed by atoms with E-state index in [0.29, 0.717) is 22.5 Å². The Labute approximate surface area is 226 Å². The molecule has 1 aliphatic carbocycles. The molecule has 1 saturated heterocycles. The molecule has 1 saturated carbocycles. The zero-order valence-corrected chi connectivity index (χ0v) is 22.4. The van der Waals surface area contributed by atoms with Gasteiger partial charge in [0.05, 0.1) is 0 Å². The zero-order chi connectivity index (χ0) is 26.1. The molecule has 1 aliphatic heterocycles. The third kappa shape index (κ3) is 5.40. The number of ether oxygens (including phenoxy) is 1. The molecule has 0 spiro atoms. The molecule has 9 nitrogen and oxygen atoms in total. The Bertz CT molecular complexity index is 1460. The highest BCUT2D eigenvalue weighted by Crippen LogP contribution is 2.35. The van der Waals surface area contributed by atoms with Crippen molar-refractivity contribution in [2.24, 2.45) is 17.8 Å². The van der Waals surface area contributed by atoms with Crippen molar-refractivity contribution in [1.82, 2.24) is 29.7 Å². The van der Waals surface area contributed by atoms with Gasteiger partial charge in [0.2, 0.25) is 11.6 Å². The van der Waals surface area contributed by atoms with Crippen molar-refractivity contribution in [1.29, 1.82) is 0 Å². The largest absolute Gasteiger partial charge is 0.439 e. The molecule has 38 heavy (non-hydrogen) atoms. The number of aromatic nitrogens is 6. The van der Waals surface area contributed by atoms with E-state index in [0.717, 1.165) is 74.0 Å². The fourth-order valence-corrected chi connectivity index (χ4v) is 6.07. The summed E-state index contributed by atoms with van der Waals surface area (Å²) in [5.41, 5.74) is 3.10. The molecule has 0 amide bonds. The number of halogens is 1. The van der Waals surface area contributed by atoms with E-state index in [-0.39, 0.29) is 11.6 Å². The van der Waals surface area contributed by atoms with E-state index < -0.39 is 5.76 Å². The molecule has 1 N–H and O–H groups in total. The van der Waals surface area contributed by atoms with Crippen molar-refractivity contribution in [3.05, 3.63) is 45.7 Å². The van der Waals surface area contributed by atoms with Crippen molar-refractivity contribution in [3.63, 3.8) is 0 Å². The number of fused-ring (bicyclic) bond motifs is 1. The number of H-pyrrole nitrogens is 1. The number of nitrogens with one attached hydrogen (secondary N) is 1. The Morgan fingerprint density at radius 3 is 2.61 bits per heavy atom. The van der Waals surface area contributed by atoms with Crippen LogP contribution in [-0.2, 0) is 17.7 Å². The van der Waals surface area contributed by atoms with Gasteiger partial charge in [0.1, 0.15) is 17.0 Å². The van der Waals surface area contributed by atoms with E-state index >= 15 is 0 Å². The van der Waals surface area contributed by atoms with Crippen LogP contribution in [0.1, 0.15) is 57.7 Å². The molecular formula is C28H33ClN6O3. The average molecular weight is 537 g/mol. The molecule has 10 heteroatoms. The van der Waals surface area contributed by atoms with Crippen LogP contribution in [0, 0.1) is 17.8 Å². The third-order valence-corrected chi connectivity index (χ3v) is 8.36. The Morgan fingerprint density at radius 1 is 1.05 bits per heavy atom. The van der Waals surface area contributed by atoms with Crippen molar-refractivity contribution in [2.75, 3.05) is 13.2 Å². The number of aryl methyl sites for hydroxylation is 1. The molecule has 0 bridgehead atoms. The maximum atomic E-state index is 11.7. The van der Waals surface area contributed by atoms with Crippen LogP contribution in [0.25, 0.3) is 34.1 Å². The van der Waals surface area contributed by atoms with Crippen LogP contribution in [0.2, 0.25) is 5.02 Å². The number of imidazole rings is 1. The Kier molecular flexibility index (Phi) is 7.30. The van der Waals surface area contributed by atoms with Gasteiger partial charge in [-0.05, 0) is 62.0 Å². The van der Waals surface area contributed by atoms with Crippen LogP contribution >= 0.6 is 11.6 Å². The van der Waals surface area contributed by atoms with Gasteiger partial charge in [0.15, 0.2) is 5.65 Å². The quantitative estimate of drug-likeness (QED) is 0.323. The average Bonchev–Trinajstić information content (AvgIpc) is 3.52. The van der Waals surface area contributed by atoms with E-state index in [9.17, 15) is 4.79 Å². The summed E-state index contributed by atoms with van der Waals surface area (Å²) in [7, 11) is 0. The minimum absolute atomic E-state index is 0.180. The second kappa shape index (κ2) is 11.0. The first kappa shape index (κ1) is 25.2. The highest BCUT2D eigenvalue weighted by molar-refractivity contribution is 6.30. The van der Waals surface area contributed by atoms with Crippen LogP contribution in [-0.4, -0.2) is 42.9 Å². The van der Waals surface area contributed by atoms with Crippen LogP contribution < -0.4 is 5.76 Å². The van der Waals surface area contributed by atoms with Crippen LogP contribution in [0.4, 0.5) is 0 Å². The Morgan fingerprint density at radius 2 is 1.87 bits per heavy atom. The number of hydrogen-bond donors (Lipinski definition) is 1. The zero-order valence-electron chi connectivity index (χ0n) is 21.7. The Balaban J connectivity index is 1.48. The molecule has 0 radical (unpaired) electrons. The van der Waals surface area contributed by atoms with E-state index in [2.05, 4.69) is 21.6 Å². The molecule has 6 rings (SSSR count). The van der Waals surface area contributed by atoms with Crippen LogP contribution in [0.15, 0.2) is 33.6 Å². The summed E-state index contributed by atoms with van der Waals surface area (Å²) in [6, 6.07) is 7.65. The van der Waals surface area contributed by atoms with Crippen molar-refractivity contribution < 1.29 is 9.26 Å². The minimum Gasteiger partial charge on any atom is -0.381 e. The lowest BCUT2D eigenvalue weighted by atomic mass is 9.83. The predicted octanol–water partition coefficient (Wildman–Crippen LogP) is 5.68. The molecular weight excluding hydrogens is 504 g/mol. The highest BCUT2D eigenvalue weighted by Gasteiger charge is 2.26. The van der Waals surface area contributed by atoms with Gasteiger partial charge in [-0.25, -0.2) is 19.7 Å². The lowest BCUT2D eigenvalue weighted by Gasteiger charge is -2.27. The van der Waals surface area contributed by atoms with Gasteiger partial charge in [-0.3, -0.25) is 9.51 Å². The maximum absolute atomic E-state index is 11.7. The van der Waals surface area contributed by atoms with Crippen molar-refractivity contribution >= 4 is 22.8 Å². The molecule has 2 fully saturated rings. The van der Waals surface area contributed by atoms with Crippen LogP contribution in [0.3, 0.4) is 0 Å². The summed E-state index contributed by atoms with van der Waals surface area (Å²) in [6.45, 7) is 4.92. The first-order valence-corrected chi connectivity index (χ1v) is 14.1. The van der Waals surface area contributed by atoms with Crippen molar-refractivity contribution in [2.45, 2.75) is 64.8 Å². The summed E-state index contributed by atoms with van der Waals surface area (Å²) < 4.78 is 12.7. The monoisotopic (exact) mass is 536 g/mol. The second-order valence-electron chi connectivity index (χ2n) is 10.9. The molecule has 0 unspecified atom stereocenters. The molecule has 1 aromatic carbocycles. The minimum atomic E-state index is -0.651. The lowest BCUT2D eigenvalue weighted by Crippen LogP contribution is -2.20. The number of rotatable bonds is 7. The van der Waals surface area contributed by atoms with Gasteiger partial charge >= 0.3 is 5.76 Å². The number of hydrogen-bond acceptors (Lipinski definition) is 7. The van der Waals surface area contributed by atoms with E-state index in [4.69, 9.17) is 35.8 Å². The molecule has 3 aromatic heterocycles.